The highest BCUT2D eigenvalue weighted by atomic mass is 16.5. The largest absolute Gasteiger partial charge is 0.478 e. The van der Waals surface area contributed by atoms with Crippen molar-refractivity contribution in [1.82, 2.24) is 21.3 Å². The molecular weight excluding hydrogens is 688 g/mol. The van der Waals surface area contributed by atoms with Crippen LogP contribution in [0.25, 0.3) is 0 Å². The number of benzene rings is 2. The van der Waals surface area contributed by atoms with Crippen molar-refractivity contribution < 1.29 is 38.4 Å². The lowest BCUT2D eigenvalue weighted by atomic mass is 9.74. The number of carboxylic acids is 1. The Labute approximate surface area is 318 Å². The summed E-state index contributed by atoms with van der Waals surface area (Å²) in [6, 6.07) is 13.0. The number of carbonyl (C=O) groups excluding carboxylic acids is 4. The smallest absolute Gasteiger partial charge is 0.335 e. The van der Waals surface area contributed by atoms with Crippen LogP contribution in [-0.2, 0) is 19.2 Å². The Balaban J connectivity index is 0.00000784. The number of allylic oxidation sites excluding steroid dienone is 3. The number of hydrogen-bond acceptors (Lipinski definition) is 7. The number of rotatable bonds is 19. The molecule has 1 aliphatic carbocycles. The standard InChI is InChI=1S/C40H52N6O7.CH4/c1-41-35(47)13-7-21-45(22-8-14-36(48)42-2)27-17-19-31-33(25-27)53-34-26-28(46(23-9-15-37(49)43-3)24-10-16-38(50)44-4)18-20-32(34)39(31)29-11-5-6-12-30(29)40(51)52;/h5-6,11-12,17-20,25-26,31,39H,7-10,13-16,21-24H2,1-4H3,(H4-,41,42,43,44,47,48,49,50,51,52);1H4/p+1. The summed E-state index contributed by atoms with van der Waals surface area (Å²) in [5.41, 5.74) is 3.47. The quantitative estimate of drug-likeness (QED) is 0.135. The number of anilines is 1. The van der Waals surface area contributed by atoms with Gasteiger partial charge < -0.3 is 36.0 Å². The fraction of sp³-hybridized carbons (Fsp3) is 0.463. The third-order valence-electron chi connectivity index (χ3n) is 9.71. The minimum absolute atomic E-state index is 0. The highest BCUT2D eigenvalue weighted by molar-refractivity contribution is 6.02. The zero-order chi connectivity index (χ0) is 38.3. The summed E-state index contributed by atoms with van der Waals surface area (Å²) < 4.78 is 8.89. The number of carboxylic acid groups (broad SMARTS) is 1. The SMILES string of the molecule is C.CNC(=O)CCCN(CCCC(=O)NC)c1ccc2c(c1)OC1=CC(=[N+](CCCC(=O)NC)CCCC(=O)NC)C=CC1C2c1ccccc1C(=O)O. The van der Waals surface area contributed by atoms with Crippen LogP contribution in [-0.4, -0.2) is 99.4 Å². The van der Waals surface area contributed by atoms with Crippen LogP contribution >= 0.6 is 0 Å². The average Bonchev–Trinajstić information content (AvgIpc) is 3.17. The van der Waals surface area contributed by atoms with Gasteiger partial charge in [0.2, 0.25) is 29.3 Å². The topological polar surface area (TPSA) is 169 Å². The fourth-order valence-electron chi connectivity index (χ4n) is 6.83. The number of nitrogens with one attached hydrogen (secondary N) is 4. The monoisotopic (exact) mass is 745 g/mol. The van der Waals surface area contributed by atoms with Gasteiger partial charge in [-0.1, -0.05) is 37.8 Å². The van der Waals surface area contributed by atoms with E-state index in [2.05, 4.69) is 36.8 Å². The van der Waals surface area contributed by atoms with E-state index < -0.39 is 5.97 Å². The molecule has 0 bridgehead atoms. The van der Waals surface area contributed by atoms with Gasteiger partial charge in [-0.3, -0.25) is 19.2 Å². The van der Waals surface area contributed by atoms with Gasteiger partial charge in [-0.15, -0.1) is 0 Å². The molecule has 13 nitrogen and oxygen atoms in total. The van der Waals surface area contributed by atoms with Crippen molar-refractivity contribution in [2.45, 2.75) is 64.7 Å². The summed E-state index contributed by atoms with van der Waals surface area (Å²) in [5, 5.41) is 20.9. The predicted octanol–water partition coefficient (Wildman–Crippen LogP) is 3.98. The maximum atomic E-state index is 12.5. The maximum Gasteiger partial charge on any atom is 0.335 e. The second-order valence-electron chi connectivity index (χ2n) is 13.1. The van der Waals surface area contributed by atoms with E-state index in [9.17, 15) is 29.1 Å². The molecule has 0 spiro atoms. The van der Waals surface area contributed by atoms with Crippen LogP contribution in [0.3, 0.4) is 0 Å². The molecule has 2 atom stereocenters. The molecule has 292 valence electrons. The highest BCUT2D eigenvalue weighted by Gasteiger charge is 2.39. The van der Waals surface area contributed by atoms with Gasteiger partial charge in [-0.05, 0) is 30.5 Å². The molecule has 2 unspecified atom stereocenters. The number of aromatic carboxylic acids is 1. The molecule has 1 aliphatic heterocycles. The van der Waals surface area contributed by atoms with Crippen molar-refractivity contribution in [3.63, 3.8) is 0 Å². The van der Waals surface area contributed by atoms with Crippen molar-refractivity contribution in [2.75, 3.05) is 59.3 Å². The van der Waals surface area contributed by atoms with Gasteiger partial charge in [0.25, 0.3) is 0 Å². The first-order valence-corrected chi connectivity index (χ1v) is 18.3. The van der Waals surface area contributed by atoms with E-state index in [4.69, 9.17) is 4.74 Å². The molecule has 2 aromatic rings. The third kappa shape index (κ3) is 11.5. The summed E-state index contributed by atoms with van der Waals surface area (Å²) >= 11 is 0. The summed E-state index contributed by atoms with van der Waals surface area (Å²) in [7, 11) is 6.46. The molecule has 0 fully saturated rings. The number of carbonyl (C=O) groups is 5. The number of fused-ring (bicyclic) bond motifs is 2. The average molecular weight is 746 g/mol. The Morgan fingerprint density at radius 1 is 0.741 bits per heavy atom. The Morgan fingerprint density at radius 2 is 1.28 bits per heavy atom. The predicted molar refractivity (Wildman–Crippen MR) is 210 cm³/mol. The second-order valence-corrected chi connectivity index (χ2v) is 13.1. The number of ether oxygens (including phenoxy) is 1. The Kier molecular flexibility index (Phi) is 16.9. The van der Waals surface area contributed by atoms with Gasteiger partial charge in [0.1, 0.15) is 24.6 Å². The van der Waals surface area contributed by atoms with E-state index in [1.54, 1.807) is 40.3 Å². The number of nitrogens with zero attached hydrogens (tertiary/aromatic N) is 2. The Morgan fingerprint density at radius 3 is 1.81 bits per heavy atom. The van der Waals surface area contributed by atoms with E-state index in [1.807, 2.05) is 42.5 Å². The van der Waals surface area contributed by atoms with Crippen molar-refractivity contribution in [2.24, 2.45) is 5.92 Å². The summed E-state index contributed by atoms with van der Waals surface area (Å²) in [4.78, 5) is 62.8. The molecule has 4 amide bonds. The first-order valence-electron chi connectivity index (χ1n) is 18.3. The lowest BCUT2D eigenvalue weighted by molar-refractivity contribution is -0.527. The summed E-state index contributed by atoms with van der Waals surface area (Å²) in [5.74, 6) is -0.606. The molecule has 2 aliphatic rings. The van der Waals surface area contributed by atoms with Crippen LogP contribution in [0.15, 0.2) is 66.5 Å². The van der Waals surface area contributed by atoms with E-state index in [1.165, 1.54) is 0 Å². The van der Waals surface area contributed by atoms with Crippen LogP contribution in [0.1, 0.15) is 86.2 Å². The van der Waals surface area contributed by atoms with Crippen LogP contribution in [0.4, 0.5) is 5.69 Å². The fourth-order valence-corrected chi connectivity index (χ4v) is 6.83. The molecule has 13 heteroatoms. The molecule has 0 aromatic heterocycles. The normalized spacial score (nSPS) is 15.3. The lowest BCUT2D eigenvalue weighted by Gasteiger charge is -2.36. The van der Waals surface area contributed by atoms with Gasteiger partial charge in [0, 0.05) is 121 Å². The van der Waals surface area contributed by atoms with Crippen molar-refractivity contribution in [1.29, 1.82) is 0 Å². The minimum atomic E-state index is -1.01. The van der Waals surface area contributed by atoms with Gasteiger partial charge in [0.15, 0.2) is 0 Å². The maximum absolute atomic E-state index is 12.5. The van der Waals surface area contributed by atoms with Crippen LogP contribution in [0, 0.1) is 5.92 Å². The lowest BCUT2D eigenvalue weighted by Crippen LogP contribution is -2.32. The Hall–Kier alpha value is -5.46. The van der Waals surface area contributed by atoms with Crippen LogP contribution in [0.2, 0.25) is 0 Å². The van der Waals surface area contributed by atoms with E-state index in [-0.39, 0.29) is 48.5 Å². The molecular formula is C41H57N6O7+. The first-order chi connectivity index (χ1) is 25.6. The molecule has 0 saturated heterocycles. The van der Waals surface area contributed by atoms with Gasteiger partial charge >= 0.3 is 5.97 Å². The van der Waals surface area contributed by atoms with Crippen molar-refractivity contribution in [3.8, 4) is 5.75 Å². The molecule has 54 heavy (non-hydrogen) atoms. The van der Waals surface area contributed by atoms with E-state index >= 15 is 0 Å². The summed E-state index contributed by atoms with van der Waals surface area (Å²) in [6.45, 7) is 2.33. The molecule has 0 radical (unpaired) electrons. The van der Waals surface area contributed by atoms with E-state index in [0.29, 0.717) is 94.6 Å². The first kappa shape index (κ1) is 42.9. The molecule has 5 N–H and O–H groups in total. The van der Waals surface area contributed by atoms with Gasteiger partial charge in [0.05, 0.1) is 5.56 Å². The van der Waals surface area contributed by atoms with Crippen molar-refractivity contribution in [3.05, 3.63) is 83.1 Å². The summed E-state index contributed by atoms with van der Waals surface area (Å²) in [6.07, 6.45) is 9.95. The van der Waals surface area contributed by atoms with Gasteiger partial charge in [-0.2, -0.15) is 0 Å². The zero-order valence-corrected chi connectivity index (χ0v) is 31.2. The second kappa shape index (κ2) is 21.3. The van der Waals surface area contributed by atoms with Crippen LogP contribution < -0.4 is 30.9 Å². The highest BCUT2D eigenvalue weighted by Crippen LogP contribution is 2.49. The minimum Gasteiger partial charge on any atom is -0.478 e. The molecule has 4 rings (SSSR count). The molecule has 2 aromatic carbocycles. The molecule has 1 heterocycles. The number of hydrogen-bond donors (Lipinski definition) is 5. The van der Waals surface area contributed by atoms with Crippen LogP contribution in [0.5, 0.6) is 5.75 Å². The molecule has 0 saturated carbocycles. The zero-order valence-electron chi connectivity index (χ0n) is 31.2. The van der Waals surface area contributed by atoms with Crippen molar-refractivity contribution >= 4 is 41.0 Å². The Bertz CT molecular complexity index is 1700. The third-order valence-corrected chi connectivity index (χ3v) is 9.71. The number of amides is 4. The van der Waals surface area contributed by atoms with Gasteiger partial charge in [-0.25, -0.2) is 9.37 Å². The van der Waals surface area contributed by atoms with E-state index in [0.717, 1.165) is 17.0 Å².